The molecule has 1 aliphatic rings. The summed E-state index contributed by atoms with van der Waals surface area (Å²) in [5.41, 5.74) is 0.664. The number of amides is 1. The van der Waals surface area contributed by atoms with E-state index < -0.39 is 0 Å². The molecule has 2 aromatic heterocycles. The van der Waals surface area contributed by atoms with Gasteiger partial charge in [-0.05, 0) is 37.8 Å². The predicted molar refractivity (Wildman–Crippen MR) is 87.1 cm³/mol. The summed E-state index contributed by atoms with van der Waals surface area (Å²) in [7, 11) is 1.88. The van der Waals surface area contributed by atoms with E-state index in [2.05, 4.69) is 21.8 Å². The predicted octanol–water partition coefficient (Wildman–Crippen LogP) is 2.14. The van der Waals surface area contributed by atoms with E-state index in [1.165, 1.54) is 0 Å². The van der Waals surface area contributed by atoms with Crippen molar-refractivity contribution in [1.29, 1.82) is 0 Å². The fourth-order valence-electron chi connectivity index (χ4n) is 3.22. The highest BCUT2D eigenvalue weighted by Crippen LogP contribution is 2.29. The van der Waals surface area contributed by atoms with Gasteiger partial charge in [-0.3, -0.25) is 4.79 Å². The quantitative estimate of drug-likeness (QED) is 0.919. The van der Waals surface area contributed by atoms with E-state index >= 15 is 0 Å². The van der Waals surface area contributed by atoms with Crippen LogP contribution >= 0.6 is 0 Å². The molecule has 124 valence electrons. The van der Waals surface area contributed by atoms with Crippen molar-refractivity contribution in [3.8, 4) is 0 Å². The summed E-state index contributed by atoms with van der Waals surface area (Å²) in [4.78, 5) is 17.2. The van der Waals surface area contributed by atoms with Crippen molar-refractivity contribution in [2.45, 2.75) is 32.4 Å². The zero-order valence-electron chi connectivity index (χ0n) is 13.7. The van der Waals surface area contributed by atoms with Gasteiger partial charge >= 0.3 is 0 Å². The third-order valence-corrected chi connectivity index (χ3v) is 4.57. The largest absolute Gasteiger partial charge is 0.381 e. The summed E-state index contributed by atoms with van der Waals surface area (Å²) < 4.78 is 9.41. The monoisotopic (exact) mass is 316 g/mol. The van der Waals surface area contributed by atoms with Crippen LogP contribution in [-0.2, 0) is 18.3 Å². The molecule has 3 rings (SSSR count). The van der Waals surface area contributed by atoms with Crippen LogP contribution in [0.2, 0.25) is 0 Å². The summed E-state index contributed by atoms with van der Waals surface area (Å²) in [6.45, 7) is 4.42. The summed E-state index contributed by atoms with van der Waals surface area (Å²) >= 11 is 0. The minimum atomic E-state index is -0.0868. The molecule has 0 aliphatic carbocycles. The first-order valence-electron chi connectivity index (χ1n) is 8.21. The highest BCUT2D eigenvalue weighted by atomic mass is 16.5. The molecule has 6 nitrogen and oxygen atoms in total. The molecule has 1 N–H and O–H groups in total. The number of hydrogen-bond acceptors (Lipinski definition) is 3. The Bertz CT molecular complexity index is 655. The normalized spacial score (nSPS) is 17.1. The summed E-state index contributed by atoms with van der Waals surface area (Å²) in [6, 6.07) is 3.63. The molecule has 2 aromatic rings. The highest BCUT2D eigenvalue weighted by Gasteiger charge is 2.30. The Morgan fingerprint density at radius 3 is 2.87 bits per heavy atom. The highest BCUT2D eigenvalue weighted by molar-refractivity contribution is 5.92. The molecule has 3 heterocycles. The zero-order chi connectivity index (χ0) is 16.2. The van der Waals surface area contributed by atoms with Crippen molar-refractivity contribution in [2.75, 3.05) is 13.2 Å². The number of aromatic nitrogens is 3. The van der Waals surface area contributed by atoms with Crippen LogP contribution in [0, 0.1) is 5.92 Å². The Hall–Kier alpha value is -2.08. The van der Waals surface area contributed by atoms with Crippen LogP contribution in [0.4, 0.5) is 0 Å². The van der Waals surface area contributed by atoms with Gasteiger partial charge in [-0.15, -0.1) is 0 Å². The Balaban J connectivity index is 1.86. The fraction of sp³-hybridized carbons (Fsp3) is 0.529. The van der Waals surface area contributed by atoms with Gasteiger partial charge in [-0.2, -0.15) is 0 Å². The van der Waals surface area contributed by atoms with E-state index in [1.54, 1.807) is 6.20 Å². The molecule has 1 fully saturated rings. The maximum Gasteiger partial charge on any atom is 0.268 e. The molecule has 1 saturated heterocycles. The maximum absolute atomic E-state index is 12.7. The molecule has 0 radical (unpaired) electrons. The Kier molecular flexibility index (Phi) is 4.81. The number of nitrogens with one attached hydrogen (secondary N) is 1. The second kappa shape index (κ2) is 7.00. The van der Waals surface area contributed by atoms with E-state index in [4.69, 9.17) is 4.74 Å². The first-order chi connectivity index (χ1) is 11.2. The van der Waals surface area contributed by atoms with Gasteiger partial charge in [0.25, 0.3) is 5.91 Å². The van der Waals surface area contributed by atoms with Crippen molar-refractivity contribution in [1.82, 2.24) is 19.4 Å². The van der Waals surface area contributed by atoms with Crippen molar-refractivity contribution >= 4 is 5.91 Å². The van der Waals surface area contributed by atoms with Crippen LogP contribution in [0.5, 0.6) is 0 Å². The van der Waals surface area contributed by atoms with E-state index in [9.17, 15) is 4.79 Å². The molecule has 1 amide bonds. The number of rotatable bonds is 5. The van der Waals surface area contributed by atoms with Gasteiger partial charge in [-0.1, -0.05) is 0 Å². The molecule has 6 heteroatoms. The Morgan fingerprint density at radius 1 is 1.43 bits per heavy atom. The van der Waals surface area contributed by atoms with Gasteiger partial charge in [0.2, 0.25) is 0 Å². The second-order valence-corrected chi connectivity index (χ2v) is 5.98. The van der Waals surface area contributed by atoms with Gasteiger partial charge in [0, 0.05) is 45.4 Å². The Morgan fingerprint density at radius 2 is 2.22 bits per heavy atom. The van der Waals surface area contributed by atoms with Crippen LogP contribution in [-0.4, -0.2) is 33.2 Å². The first-order valence-corrected chi connectivity index (χ1v) is 8.21. The van der Waals surface area contributed by atoms with Crippen LogP contribution in [0.3, 0.4) is 0 Å². The number of carbonyl (C=O) groups excluding carboxylic acids is 1. The molecular weight excluding hydrogens is 292 g/mol. The van der Waals surface area contributed by atoms with Crippen molar-refractivity contribution in [3.63, 3.8) is 0 Å². The molecule has 1 aliphatic heterocycles. The smallest absolute Gasteiger partial charge is 0.268 e. The minimum Gasteiger partial charge on any atom is -0.381 e. The van der Waals surface area contributed by atoms with Gasteiger partial charge in [0.05, 0.1) is 6.04 Å². The second-order valence-electron chi connectivity index (χ2n) is 5.98. The van der Waals surface area contributed by atoms with Crippen molar-refractivity contribution in [2.24, 2.45) is 13.0 Å². The lowest BCUT2D eigenvalue weighted by Crippen LogP contribution is -2.38. The topological polar surface area (TPSA) is 61.1 Å². The lowest BCUT2D eigenvalue weighted by atomic mass is 9.91. The molecule has 0 saturated carbocycles. The summed E-state index contributed by atoms with van der Waals surface area (Å²) in [5, 5.41) is 3.21. The molecule has 1 atom stereocenters. The molecule has 0 unspecified atom stereocenters. The fourth-order valence-corrected chi connectivity index (χ4v) is 3.22. The number of nitrogens with zero attached hydrogens (tertiary/aromatic N) is 3. The molecular formula is C17H24N4O2. The first kappa shape index (κ1) is 15.8. The van der Waals surface area contributed by atoms with Crippen molar-refractivity contribution < 1.29 is 9.53 Å². The van der Waals surface area contributed by atoms with Gasteiger partial charge < -0.3 is 19.2 Å². The van der Waals surface area contributed by atoms with Crippen LogP contribution in [0.15, 0.2) is 30.7 Å². The van der Waals surface area contributed by atoms with Crippen molar-refractivity contribution in [3.05, 3.63) is 42.2 Å². The summed E-state index contributed by atoms with van der Waals surface area (Å²) in [6.07, 6.45) is 7.53. The standard InChI is InChI=1S/C17H24N4O2/c1-3-21-10-8-18-16(21)15(13-6-11-23-12-7-13)19-17(22)14-5-4-9-20(14)2/h4-5,8-10,13,15H,3,6-7,11-12H2,1-2H3,(H,19,22)/t15-/m1/s1. The SMILES string of the molecule is CCn1ccnc1[C@H](NC(=O)c1cccn1C)C1CCOCC1. The average Bonchev–Trinajstić information content (AvgIpc) is 3.21. The van der Waals surface area contributed by atoms with E-state index in [1.807, 2.05) is 36.1 Å². The maximum atomic E-state index is 12.7. The number of imidazole rings is 1. The van der Waals surface area contributed by atoms with E-state index in [-0.39, 0.29) is 11.9 Å². The number of ether oxygens (including phenoxy) is 1. The average molecular weight is 316 g/mol. The number of carbonyl (C=O) groups is 1. The molecule has 0 aromatic carbocycles. The van der Waals surface area contributed by atoms with Gasteiger partial charge in [-0.25, -0.2) is 4.98 Å². The summed E-state index contributed by atoms with van der Waals surface area (Å²) in [5.74, 6) is 1.22. The Labute approximate surface area is 136 Å². The molecule has 0 spiro atoms. The lowest BCUT2D eigenvalue weighted by Gasteiger charge is -2.31. The zero-order valence-corrected chi connectivity index (χ0v) is 13.7. The van der Waals surface area contributed by atoms with E-state index in [0.717, 1.165) is 38.4 Å². The lowest BCUT2D eigenvalue weighted by molar-refractivity contribution is 0.0497. The minimum absolute atomic E-state index is 0.0559. The van der Waals surface area contributed by atoms with Gasteiger partial charge in [0.15, 0.2) is 0 Å². The van der Waals surface area contributed by atoms with Crippen LogP contribution < -0.4 is 5.32 Å². The molecule has 0 bridgehead atoms. The van der Waals surface area contributed by atoms with Crippen LogP contribution in [0.1, 0.15) is 42.1 Å². The van der Waals surface area contributed by atoms with Crippen LogP contribution in [0.25, 0.3) is 0 Å². The number of aryl methyl sites for hydroxylation is 2. The molecule has 23 heavy (non-hydrogen) atoms. The number of hydrogen-bond donors (Lipinski definition) is 1. The third kappa shape index (κ3) is 3.32. The third-order valence-electron chi connectivity index (χ3n) is 4.57. The van der Waals surface area contributed by atoms with E-state index in [0.29, 0.717) is 11.6 Å². The van der Waals surface area contributed by atoms with Gasteiger partial charge in [0.1, 0.15) is 11.5 Å².